The summed E-state index contributed by atoms with van der Waals surface area (Å²) in [5.41, 5.74) is 1.87. The first kappa shape index (κ1) is 15.7. The van der Waals surface area contributed by atoms with Crippen molar-refractivity contribution in [3.8, 4) is 0 Å². The van der Waals surface area contributed by atoms with Gasteiger partial charge in [0.15, 0.2) is 0 Å². The number of likely N-dealkylation sites (tertiary alicyclic amines) is 1. The summed E-state index contributed by atoms with van der Waals surface area (Å²) in [5, 5.41) is 2.85. The van der Waals surface area contributed by atoms with Crippen LogP contribution in [0.5, 0.6) is 0 Å². The highest BCUT2D eigenvalue weighted by Gasteiger charge is 2.19. The molecule has 2 aromatic rings. The number of para-hydroxylation sites is 1. The molecule has 1 fully saturated rings. The highest BCUT2D eigenvalue weighted by molar-refractivity contribution is 9.10. The van der Waals surface area contributed by atoms with E-state index >= 15 is 0 Å². The molecule has 1 aliphatic rings. The Bertz CT molecular complexity index is 722. The summed E-state index contributed by atoms with van der Waals surface area (Å²) in [6.07, 6.45) is 2.14. The number of anilines is 1. The summed E-state index contributed by atoms with van der Waals surface area (Å²) in [4.78, 5) is 26.4. The molecule has 0 aromatic heterocycles. The van der Waals surface area contributed by atoms with Crippen molar-refractivity contribution in [2.45, 2.75) is 12.8 Å². The van der Waals surface area contributed by atoms with Crippen molar-refractivity contribution in [2.75, 3.05) is 18.4 Å². The van der Waals surface area contributed by atoms with E-state index in [0.29, 0.717) is 11.1 Å². The molecule has 0 unspecified atom stereocenters. The van der Waals surface area contributed by atoms with Crippen molar-refractivity contribution < 1.29 is 9.59 Å². The Hall–Kier alpha value is -2.14. The van der Waals surface area contributed by atoms with Crippen molar-refractivity contribution in [3.63, 3.8) is 0 Å². The van der Waals surface area contributed by atoms with Crippen molar-refractivity contribution in [1.82, 2.24) is 4.90 Å². The molecule has 2 amide bonds. The molecule has 1 N–H and O–H groups in total. The lowest BCUT2D eigenvalue weighted by Gasteiger charge is -2.15. The maximum absolute atomic E-state index is 12.3. The van der Waals surface area contributed by atoms with Gasteiger partial charge in [-0.25, -0.2) is 0 Å². The fraction of sp³-hybridized carbons (Fsp3) is 0.222. The third-order valence-electron chi connectivity index (χ3n) is 3.91. The van der Waals surface area contributed by atoms with Crippen LogP contribution in [0.3, 0.4) is 0 Å². The number of rotatable bonds is 3. The summed E-state index contributed by atoms with van der Waals surface area (Å²) >= 11 is 3.40. The highest BCUT2D eigenvalue weighted by atomic mass is 79.9. The van der Waals surface area contributed by atoms with E-state index in [4.69, 9.17) is 0 Å². The van der Waals surface area contributed by atoms with E-state index in [0.717, 1.165) is 36.1 Å². The SMILES string of the molecule is O=C(Nc1ccccc1Br)c1ccc(C(=O)N2CCCC2)cc1. The van der Waals surface area contributed by atoms with E-state index in [-0.39, 0.29) is 11.8 Å². The smallest absolute Gasteiger partial charge is 0.255 e. The van der Waals surface area contributed by atoms with E-state index in [1.165, 1.54) is 0 Å². The third kappa shape index (κ3) is 3.62. The Morgan fingerprint density at radius 3 is 2.17 bits per heavy atom. The predicted molar refractivity (Wildman–Crippen MR) is 93.7 cm³/mol. The molecule has 0 atom stereocenters. The molecule has 1 aliphatic heterocycles. The van der Waals surface area contributed by atoms with E-state index in [9.17, 15) is 9.59 Å². The van der Waals surface area contributed by atoms with Gasteiger partial charge in [0.1, 0.15) is 0 Å². The number of hydrogen-bond donors (Lipinski definition) is 1. The second-order valence-electron chi connectivity index (χ2n) is 5.51. The van der Waals surface area contributed by atoms with E-state index < -0.39 is 0 Å². The molecule has 118 valence electrons. The molecular formula is C18H17BrN2O2. The molecule has 0 radical (unpaired) electrons. The number of benzene rings is 2. The molecule has 1 saturated heterocycles. The minimum Gasteiger partial charge on any atom is -0.339 e. The number of halogens is 1. The summed E-state index contributed by atoms with van der Waals surface area (Å²) in [6.45, 7) is 1.65. The number of nitrogens with one attached hydrogen (secondary N) is 1. The molecule has 3 rings (SSSR count). The van der Waals surface area contributed by atoms with Crippen molar-refractivity contribution in [1.29, 1.82) is 0 Å². The largest absolute Gasteiger partial charge is 0.339 e. The Morgan fingerprint density at radius 2 is 1.52 bits per heavy atom. The van der Waals surface area contributed by atoms with Gasteiger partial charge in [-0.2, -0.15) is 0 Å². The molecule has 0 aliphatic carbocycles. The zero-order valence-electron chi connectivity index (χ0n) is 12.6. The van der Waals surface area contributed by atoms with Crippen molar-refractivity contribution in [2.24, 2.45) is 0 Å². The summed E-state index contributed by atoms with van der Waals surface area (Å²) in [7, 11) is 0. The zero-order valence-corrected chi connectivity index (χ0v) is 14.2. The molecule has 0 saturated carbocycles. The quantitative estimate of drug-likeness (QED) is 0.886. The first-order chi connectivity index (χ1) is 11.1. The van der Waals surface area contributed by atoms with Gasteiger partial charge >= 0.3 is 0 Å². The van der Waals surface area contributed by atoms with Crippen LogP contribution >= 0.6 is 15.9 Å². The highest BCUT2D eigenvalue weighted by Crippen LogP contribution is 2.22. The number of nitrogens with zero attached hydrogens (tertiary/aromatic N) is 1. The van der Waals surface area contributed by atoms with Gasteiger partial charge in [0.2, 0.25) is 0 Å². The Labute approximate surface area is 143 Å². The molecule has 23 heavy (non-hydrogen) atoms. The standard InChI is InChI=1S/C18H17BrN2O2/c19-15-5-1-2-6-16(15)20-17(22)13-7-9-14(10-8-13)18(23)21-11-3-4-12-21/h1-2,5-10H,3-4,11-12H2,(H,20,22). The number of amides is 2. The van der Waals surface area contributed by atoms with Crippen LogP contribution in [0.4, 0.5) is 5.69 Å². The fourth-order valence-electron chi connectivity index (χ4n) is 2.62. The first-order valence-electron chi connectivity index (χ1n) is 7.60. The maximum Gasteiger partial charge on any atom is 0.255 e. The summed E-state index contributed by atoms with van der Waals surface area (Å²) in [5.74, 6) is -0.155. The van der Waals surface area contributed by atoms with Gasteiger partial charge in [0.25, 0.3) is 11.8 Å². The van der Waals surface area contributed by atoms with Gasteiger partial charge in [-0.15, -0.1) is 0 Å². The lowest BCUT2D eigenvalue weighted by atomic mass is 10.1. The Kier molecular flexibility index (Phi) is 4.76. The van der Waals surface area contributed by atoms with Crippen molar-refractivity contribution in [3.05, 3.63) is 64.1 Å². The topological polar surface area (TPSA) is 49.4 Å². The zero-order chi connectivity index (χ0) is 16.2. The van der Waals surface area contributed by atoms with Crippen LogP contribution in [-0.2, 0) is 0 Å². The minimum absolute atomic E-state index is 0.0419. The average molecular weight is 373 g/mol. The van der Waals surface area contributed by atoms with Crippen LogP contribution < -0.4 is 5.32 Å². The second-order valence-corrected chi connectivity index (χ2v) is 6.36. The van der Waals surface area contributed by atoms with Gasteiger partial charge < -0.3 is 10.2 Å². The van der Waals surface area contributed by atoms with Gasteiger partial charge in [0, 0.05) is 28.7 Å². The number of carbonyl (C=O) groups excluding carboxylic acids is 2. The van der Waals surface area contributed by atoms with Gasteiger partial charge in [0.05, 0.1) is 5.69 Å². The molecule has 2 aromatic carbocycles. The first-order valence-corrected chi connectivity index (χ1v) is 8.40. The van der Waals surface area contributed by atoms with Crippen LogP contribution in [0.25, 0.3) is 0 Å². The Balaban J connectivity index is 1.70. The van der Waals surface area contributed by atoms with E-state index in [1.807, 2.05) is 29.2 Å². The maximum atomic E-state index is 12.3. The Morgan fingerprint density at radius 1 is 0.913 bits per heavy atom. The van der Waals surface area contributed by atoms with Crippen LogP contribution in [0.1, 0.15) is 33.6 Å². The van der Waals surface area contributed by atoms with E-state index in [1.54, 1.807) is 24.3 Å². The van der Waals surface area contributed by atoms with Crippen molar-refractivity contribution >= 4 is 33.4 Å². The monoisotopic (exact) mass is 372 g/mol. The molecule has 1 heterocycles. The average Bonchev–Trinajstić information content (AvgIpc) is 3.11. The molecule has 4 nitrogen and oxygen atoms in total. The van der Waals surface area contributed by atoms with Crippen LogP contribution in [0, 0.1) is 0 Å². The molecule has 5 heteroatoms. The van der Waals surface area contributed by atoms with Gasteiger partial charge in [-0.1, -0.05) is 12.1 Å². The third-order valence-corrected chi connectivity index (χ3v) is 4.60. The van der Waals surface area contributed by atoms with Crippen LogP contribution in [-0.4, -0.2) is 29.8 Å². The minimum atomic E-state index is -0.197. The van der Waals surface area contributed by atoms with Gasteiger partial charge in [-0.3, -0.25) is 9.59 Å². The van der Waals surface area contributed by atoms with Crippen LogP contribution in [0.2, 0.25) is 0 Å². The van der Waals surface area contributed by atoms with Crippen LogP contribution in [0.15, 0.2) is 53.0 Å². The summed E-state index contributed by atoms with van der Waals surface area (Å²) in [6, 6.07) is 14.3. The fourth-order valence-corrected chi connectivity index (χ4v) is 3.01. The normalized spacial score (nSPS) is 13.9. The lowest BCUT2D eigenvalue weighted by molar-refractivity contribution is 0.0792. The molecule has 0 spiro atoms. The van der Waals surface area contributed by atoms with E-state index in [2.05, 4.69) is 21.2 Å². The predicted octanol–water partition coefficient (Wildman–Crippen LogP) is 3.94. The molecular weight excluding hydrogens is 356 g/mol. The number of carbonyl (C=O) groups is 2. The summed E-state index contributed by atoms with van der Waals surface area (Å²) < 4.78 is 0.828. The molecule has 0 bridgehead atoms. The lowest BCUT2D eigenvalue weighted by Crippen LogP contribution is -2.27. The number of hydrogen-bond acceptors (Lipinski definition) is 2. The van der Waals surface area contributed by atoms with Gasteiger partial charge in [-0.05, 0) is 65.2 Å². The second kappa shape index (κ2) is 6.96.